The van der Waals surface area contributed by atoms with Crippen LogP contribution in [0.4, 0.5) is 0 Å². The first-order valence-electron chi connectivity index (χ1n) is 17.5. The van der Waals surface area contributed by atoms with Gasteiger partial charge in [0.05, 0.1) is 19.8 Å². The molecule has 44 heavy (non-hydrogen) atoms. The lowest BCUT2D eigenvalue weighted by Crippen LogP contribution is -2.67. The quantitative estimate of drug-likeness (QED) is 0.0784. The van der Waals surface area contributed by atoms with E-state index >= 15 is 0 Å². The third kappa shape index (κ3) is 12.3. The van der Waals surface area contributed by atoms with E-state index in [-0.39, 0.29) is 11.1 Å². The van der Waals surface area contributed by atoms with Gasteiger partial charge in [0, 0.05) is 6.61 Å². The Hall–Kier alpha value is -2.24. The lowest BCUT2D eigenvalue weighted by atomic mass is 10.1. The molecule has 0 heterocycles. The van der Waals surface area contributed by atoms with Gasteiger partial charge in [-0.2, -0.15) is 0 Å². The minimum atomic E-state index is -2.64. The van der Waals surface area contributed by atoms with Crippen molar-refractivity contribution >= 4 is 18.7 Å². The highest BCUT2D eigenvalue weighted by Gasteiger charge is 2.50. The highest BCUT2D eigenvalue weighted by Crippen LogP contribution is 2.37. The zero-order valence-corrected chi connectivity index (χ0v) is 29.3. The van der Waals surface area contributed by atoms with Crippen LogP contribution in [0, 0.1) is 0 Å². The number of rotatable bonds is 23. The lowest BCUT2D eigenvalue weighted by Gasteiger charge is -2.43. The molecule has 0 aliphatic carbocycles. The molecule has 0 radical (unpaired) electrons. The van der Waals surface area contributed by atoms with Crippen LogP contribution < -0.4 is 10.4 Å². The summed E-state index contributed by atoms with van der Waals surface area (Å²) in [7, 11) is -2.64. The standard InChI is InChI=1S/C40H60O3Si/c1-5-6-7-8-9-10-11-12-13-14-15-25-32-42-37(34-41-33-36-26-19-16-20-27-36)35-43-44(40(2,3)4,38-28-21-17-22-29-38)39-30-23-18-24-31-39/h16-24,26-31,37H,5-15,25,32-35H2,1-4H3/t37-/m1/s1. The Morgan fingerprint density at radius 3 is 1.50 bits per heavy atom. The number of ether oxygens (including phenoxy) is 2. The first-order chi connectivity index (χ1) is 21.5. The summed E-state index contributed by atoms with van der Waals surface area (Å²) < 4.78 is 20.0. The van der Waals surface area contributed by atoms with Crippen LogP contribution in [-0.4, -0.2) is 34.2 Å². The van der Waals surface area contributed by atoms with Crippen molar-refractivity contribution < 1.29 is 13.9 Å². The van der Waals surface area contributed by atoms with Crippen LogP contribution in [0.25, 0.3) is 0 Å². The Morgan fingerprint density at radius 2 is 1.02 bits per heavy atom. The second-order valence-corrected chi connectivity index (χ2v) is 17.7. The van der Waals surface area contributed by atoms with Gasteiger partial charge in [-0.1, -0.05) is 189 Å². The van der Waals surface area contributed by atoms with Gasteiger partial charge in [0.2, 0.25) is 0 Å². The van der Waals surface area contributed by atoms with Crippen molar-refractivity contribution in [1.82, 2.24) is 0 Å². The first-order valence-corrected chi connectivity index (χ1v) is 19.4. The molecule has 0 fully saturated rings. The monoisotopic (exact) mass is 616 g/mol. The summed E-state index contributed by atoms with van der Waals surface area (Å²) in [6, 6.07) is 32.1. The molecule has 1 atom stereocenters. The summed E-state index contributed by atoms with van der Waals surface area (Å²) >= 11 is 0. The summed E-state index contributed by atoms with van der Waals surface area (Å²) in [5, 5.41) is 2.52. The summed E-state index contributed by atoms with van der Waals surface area (Å²) in [6.07, 6.45) is 16.0. The van der Waals surface area contributed by atoms with Crippen molar-refractivity contribution in [3.05, 3.63) is 96.6 Å². The van der Waals surface area contributed by atoms with E-state index in [1.807, 2.05) is 6.07 Å². The number of benzene rings is 3. The molecule has 0 spiro atoms. The molecular formula is C40H60O3Si. The average molecular weight is 617 g/mol. The van der Waals surface area contributed by atoms with E-state index in [1.54, 1.807) is 0 Å². The highest BCUT2D eigenvalue weighted by molar-refractivity contribution is 6.99. The molecule has 0 saturated carbocycles. The van der Waals surface area contributed by atoms with Crippen LogP contribution in [0.5, 0.6) is 0 Å². The number of hydrogen-bond acceptors (Lipinski definition) is 3. The Morgan fingerprint density at radius 1 is 0.568 bits per heavy atom. The third-order valence-corrected chi connectivity index (χ3v) is 13.7. The van der Waals surface area contributed by atoms with Crippen LogP contribution in [0.1, 0.15) is 110 Å². The third-order valence-electron chi connectivity index (χ3n) is 8.67. The van der Waals surface area contributed by atoms with E-state index in [0.717, 1.165) is 13.0 Å². The van der Waals surface area contributed by atoms with E-state index in [4.69, 9.17) is 13.9 Å². The molecule has 0 saturated heterocycles. The molecule has 0 N–H and O–H groups in total. The fourth-order valence-electron chi connectivity index (χ4n) is 6.20. The van der Waals surface area contributed by atoms with Crippen LogP contribution in [-0.2, 0) is 20.5 Å². The van der Waals surface area contributed by atoms with Gasteiger partial charge in [-0.05, 0) is 27.4 Å². The molecule has 4 heteroatoms. The lowest BCUT2D eigenvalue weighted by molar-refractivity contribution is -0.0441. The SMILES string of the molecule is CCCCCCCCCCCCCCO[C@H](COCc1ccccc1)CO[Si](c1ccccc1)(c1ccccc1)C(C)(C)C. The van der Waals surface area contributed by atoms with Gasteiger partial charge in [-0.3, -0.25) is 0 Å². The Balaban J connectivity index is 1.57. The predicted octanol–water partition coefficient (Wildman–Crippen LogP) is 9.87. The molecule has 0 aliphatic rings. The zero-order chi connectivity index (χ0) is 31.4. The van der Waals surface area contributed by atoms with Crippen LogP contribution in [0.2, 0.25) is 5.04 Å². The molecule has 0 aromatic heterocycles. The van der Waals surface area contributed by atoms with Gasteiger partial charge >= 0.3 is 0 Å². The van der Waals surface area contributed by atoms with E-state index in [9.17, 15) is 0 Å². The van der Waals surface area contributed by atoms with Crippen LogP contribution >= 0.6 is 0 Å². The largest absolute Gasteiger partial charge is 0.405 e. The van der Waals surface area contributed by atoms with Gasteiger partial charge in [-0.25, -0.2) is 0 Å². The fraction of sp³-hybridized carbons (Fsp3) is 0.550. The highest BCUT2D eigenvalue weighted by atomic mass is 28.4. The number of hydrogen-bond donors (Lipinski definition) is 0. The molecule has 242 valence electrons. The molecular weight excluding hydrogens is 557 g/mol. The Labute approximate surface area is 270 Å². The van der Waals surface area contributed by atoms with Crippen molar-refractivity contribution in [2.45, 2.75) is 122 Å². The van der Waals surface area contributed by atoms with Crippen molar-refractivity contribution in [3.8, 4) is 0 Å². The minimum absolute atomic E-state index is 0.0688. The molecule has 3 aromatic carbocycles. The van der Waals surface area contributed by atoms with E-state index < -0.39 is 8.32 Å². The Kier molecular flexibility index (Phi) is 17.1. The fourth-order valence-corrected chi connectivity index (χ4v) is 10.8. The van der Waals surface area contributed by atoms with Gasteiger partial charge in [0.25, 0.3) is 8.32 Å². The van der Waals surface area contributed by atoms with Gasteiger partial charge in [0.15, 0.2) is 0 Å². The van der Waals surface area contributed by atoms with Gasteiger partial charge in [0.1, 0.15) is 6.10 Å². The van der Waals surface area contributed by atoms with Crippen molar-refractivity contribution in [2.75, 3.05) is 19.8 Å². The predicted molar refractivity (Wildman–Crippen MR) is 190 cm³/mol. The molecule has 3 rings (SSSR count). The zero-order valence-electron chi connectivity index (χ0n) is 28.3. The van der Waals surface area contributed by atoms with E-state index in [1.165, 1.54) is 86.6 Å². The smallest absolute Gasteiger partial charge is 0.261 e. The van der Waals surface area contributed by atoms with Gasteiger partial charge < -0.3 is 13.9 Å². The summed E-state index contributed by atoms with van der Waals surface area (Å²) in [5.41, 5.74) is 1.18. The second-order valence-electron chi connectivity index (χ2n) is 13.4. The molecule has 0 unspecified atom stereocenters. The molecule has 3 aromatic rings. The maximum absolute atomic E-state index is 7.23. The molecule has 0 bridgehead atoms. The van der Waals surface area contributed by atoms with E-state index in [0.29, 0.717) is 19.8 Å². The average Bonchev–Trinajstić information content (AvgIpc) is 3.04. The molecule has 3 nitrogen and oxygen atoms in total. The van der Waals surface area contributed by atoms with Crippen molar-refractivity contribution in [3.63, 3.8) is 0 Å². The van der Waals surface area contributed by atoms with Crippen LogP contribution in [0.15, 0.2) is 91.0 Å². The second kappa shape index (κ2) is 20.7. The topological polar surface area (TPSA) is 27.7 Å². The summed E-state index contributed by atoms with van der Waals surface area (Å²) in [5.74, 6) is 0. The maximum Gasteiger partial charge on any atom is 0.261 e. The minimum Gasteiger partial charge on any atom is -0.405 e. The van der Waals surface area contributed by atoms with Crippen LogP contribution in [0.3, 0.4) is 0 Å². The van der Waals surface area contributed by atoms with Gasteiger partial charge in [-0.15, -0.1) is 0 Å². The van der Waals surface area contributed by atoms with Crippen molar-refractivity contribution in [1.29, 1.82) is 0 Å². The molecule has 0 aliphatic heterocycles. The Bertz CT molecular complexity index is 1060. The first kappa shape index (κ1) is 36.2. The number of unbranched alkanes of at least 4 members (excludes halogenated alkanes) is 11. The summed E-state index contributed by atoms with van der Waals surface area (Å²) in [6.45, 7) is 11.6. The normalized spacial score (nSPS) is 12.8. The maximum atomic E-state index is 7.23. The van der Waals surface area contributed by atoms with E-state index in [2.05, 4.69) is 113 Å². The van der Waals surface area contributed by atoms with Crippen molar-refractivity contribution in [2.24, 2.45) is 0 Å². The molecule has 0 amide bonds. The summed E-state index contributed by atoms with van der Waals surface area (Å²) in [4.78, 5) is 0.